The summed E-state index contributed by atoms with van der Waals surface area (Å²) in [4.78, 5) is 3.01. The summed E-state index contributed by atoms with van der Waals surface area (Å²) < 4.78 is 5.37. The van der Waals surface area contributed by atoms with Crippen LogP contribution in [-0.2, 0) is 12.2 Å². The van der Waals surface area contributed by atoms with Crippen LogP contribution in [0.15, 0.2) is 30.3 Å². The summed E-state index contributed by atoms with van der Waals surface area (Å²) in [6, 6.07) is 11.1. The lowest BCUT2D eigenvalue weighted by Gasteiger charge is -2.17. The Morgan fingerprint density at radius 1 is 1.33 bits per heavy atom. The quantitative estimate of drug-likeness (QED) is 0.890. The van der Waals surface area contributed by atoms with E-state index in [4.69, 9.17) is 4.74 Å². The van der Waals surface area contributed by atoms with E-state index in [1.54, 1.807) is 12.0 Å². The molecule has 2 heterocycles. The van der Waals surface area contributed by atoms with Crippen LogP contribution in [0.1, 0.15) is 33.8 Å². The maximum absolute atomic E-state index is 5.37. The van der Waals surface area contributed by atoms with E-state index in [0.717, 1.165) is 12.3 Å². The number of fused-ring (bicyclic) bond motifs is 1. The molecule has 112 valence electrons. The van der Waals surface area contributed by atoms with Crippen molar-refractivity contribution in [1.82, 2.24) is 5.32 Å². The molecule has 0 bridgehead atoms. The number of benzene rings is 1. The molecule has 0 radical (unpaired) electrons. The third kappa shape index (κ3) is 3.28. The van der Waals surface area contributed by atoms with Crippen molar-refractivity contribution >= 4 is 23.1 Å². The number of rotatable bonds is 5. The van der Waals surface area contributed by atoms with Crippen LogP contribution in [0.2, 0.25) is 0 Å². The van der Waals surface area contributed by atoms with Gasteiger partial charge >= 0.3 is 0 Å². The van der Waals surface area contributed by atoms with Crippen molar-refractivity contribution in [2.24, 2.45) is 0 Å². The standard InChI is InChI=1S/C17H21NOS2/c1-3-18-17(12-5-4-6-14(9-12)19-2)16-10-13-11-20-8-7-15(13)21-16/h4-6,9-10,17-18H,3,7-8,11H2,1-2H3. The number of thiophene rings is 1. The van der Waals surface area contributed by atoms with Crippen molar-refractivity contribution in [3.8, 4) is 5.75 Å². The fourth-order valence-electron chi connectivity index (χ4n) is 2.72. The fourth-order valence-corrected chi connectivity index (χ4v) is 5.20. The van der Waals surface area contributed by atoms with E-state index in [9.17, 15) is 0 Å². The van der Waals surface area contributed by atoms with Gasteiger partial charge in [-0.1, -0.05) is 19.1 Å². The first kappa shape index (κ1) is 14.9. The largest absolute Gasteiger partial charge is 0.497 e. The molecule has 0 amide bonds. The second-order valence-corrected chi connectivity index (χ2v) is 7.44. The average Bonchev–Trinajstić information content (AvgIpc) is 2.96. The Labute approximate surface area is 134 Å². The summed E-state index contributed by atoms with van der Waals surface area (Å²) in [5.74, 6) is 3.35. The third-order valence-electron chi connectivity index (χ3n) is 3.77. The zero-order chi connectivity index (χ0) is 14.7. The van der Waals surface area contributed by atoms with E-state index in [-0.39, 0.29) is 6.04 Å². The van der Waals surface area contributed by atoms with E-state index in [0.29, 0.717) is 0 Å². The highest BCUT2D eigenvalue weighted by molar-refractivity contribution is 7.98. The van der Waals surface area contributed by atoms with E-state index in [1.807, 2.05) is 29.2 Å². The zero-order valence-electron chi connectivity index (χ0n) is 12.5. The molecule has 1 unspecified atom stereocenters. The van der Waals surface area contributed by atoms with Crippen molar-refractivity contribution in [3.63, 3.8) is 0 Å². The van der Waals surface area contributed by atoms with Gasteiger partial charge in [-0.3, -0.25) is 0 Å². The molecule has 0 spiro atoms. The minimum absolute atomic E-state index is 0.269. The van der Waals surface area contributed by atoms with Crippen LogP contribution in [-0.4, -0.2) is 19.4 Å². The Kier molecular flexibility index (Phi) is 4.88. The monoisotopic (exact) mass is 319 g/mol. The second kappa shape index (κ2) is 6.86. The molecule has 1 aliphatic rings. The topological polar surface area (TPSA) is 21.3 Å². The van der Waals surface area contributed by atoms with Gasteiger partial charge in [-0.25, -0.2) is 0 Å². The normalized spacial score (nSPS) is 15.5. The van der Waals surface area contributed by atoms with Gasteiger partial charge in [0.05, 0.1) is 13.2 Å². The lowest BCUT2D eigenvalue weighted by Crippen LogP contribution is -2.21. The maximum atomic E-state index is 5.37. The van der Waals surface area contributed by atoms with Gasteiger partial charge in [0, 0.05) is 15.5 Å². The molecule has 0 aliphatic carbocycles. The molecule has 1 N–H and O–H groups in total. The van der Waals surface area contributed by atoms with Crippen molar-refractivity contribution < 1.29 is 4.74 Å². The van der Waals surface area contributed by atoms with E-state index < -0.39 is 0 Å². The SMILES string of the molecule is CCNC(c1cccc(OC)c1)c1cc2c(s1)CCSC2. The first-order chi connectivity index (χ1) is 10.3. The van der Waals surface area contributed by atoms with Gasteiger partial charge in [-0.15, -0.1) is 11.3 Å². The summed E-state index contributed by atoms with van der Waals surface area (Å²) in [6.07, 6.45) is 1.22. The highest BCUT2D eigenvalue weighted by Gasteiger charge is 2.20. The molecule has 0 saturated heterocycles. The number of ether oxygens (including phenoxy) is 1. The highest BCUT2D eigenvalue weighted by atomic mass is 32.2. The predicted molar refractivity (Wildman–Crippen MR) is 92.7 cm³/mol. The average molecular weight is 319 g/mol. The molecule has 21 heavy (non-hydrogen) atoms. The van der Waals surface area contributed by atoms with Crippen molar-refractivity contribution in [1.29, 1.82) is 0 Å². The lowest BCUT2D eigenvalue weighted by atomic mass is 10.0. The summed E-state index contributed by atoms with van der Waals surface area (Å²) >= 11 is 4.02. The first-order valence-electron chi connectivity index (χ1n) is 7.38. The van der Waals surface area contributed by atoms with Gasteiger partial charge in [-0.2, -0.15) is 11.8 Å². The summed E-state index contributed by atoms with van der Waals surface area (Å²) in [6.45, 7) is 3.12. The number of thioether (sulfide) groups is 1. The van der Waals surface area contributed by atoms with Gasteiger partial charge in [0.15, 0.2) is 0 Å². The molecular weight excluding hydrogens is 298 g/mol. The van der Waals surface area contributed by atoms with Gasteiger partial charge < -0.3 is 10.1 Å². The smallest absolute Gasteiger partial charge is 0.119 e. The van der Waals surface area contributed by atoms with Crippen LogP contribution in [0.3, 0.4) is 0 Å². The third-order valence-corrected chi connectivity index (χ3v) is 6.08. The minimum atomic E-state index is 0.269. The molecule has 1 aromatic carbocycles. The molecule has 1 atom stereocenters. The minimum Gasteiger partial charge on any atom is -0.497 e. The Hall–Kier alpha value is -0.970. The number of aryl methyl sites for hydroxylation is 1. The highest BCUT2D eigenvalue weighted by Crippen LogP contribution is 2.37. The summed E-state index contributed by atoms with van der Waals surface area (Å²) in [5.41, 5.74) is 2.82. The molecule has 1 aliphatic heterocycles. The van der Waals surface area contributed by atoms with Gasteiger partial charge in [0.25, 0.3) is 0 Å². The van der Waals surface area contributed by atoms with Gasteiger partial charge in [0.2, 0.25) is 0 Å². The first-order valence-corrected chi connectivity index (χ1v) is 9.35. The van der Waals surface area contributed by atoms with Crippen LogP contribution in [0.25, 0.3) is 0 Å². The van der Waals surface area contributed by atoms with Crippen molar-refractivity contribution in [2.45, 2.75) is 25.1 Å². The van der Waals surface area contributed by atoms with E-state index >= 15 is 0 Å². The lowest BCUT2D eigenvalue weighted by molar-refractivity contribution is 0.413. The Bertz CT molecular complexity index is 585. The van der Waals surface area contributed by atoms with Gasteiger partial charge in [-0.05, 0) is 48.0 Å². The van der Waals surface area contributed by atoms with Crippen molar-refractivity contribution in [2.75, 3.05) is 19.4 Å². The Morgan fingerprint density at radius 2 is 2.24 bits per heavy atom. The molecule has 4 heteroatoms. The van der Waals surface area contributed by atoms with Crippen LogP contribution in [0, 0.1) is 0 Å². The van der Waals surface area contributed by atoms with Crippen LogP contribution in [0.5, 0.6) is 5.75 Å². The zero-order valence-corrected chi connectivity index (χ0v) is 14.2. The molecule has 0 fully saturated rings. The summed E-state index contributed by atoms with van der Waals surface area (Å²) in [5, 5.41) is 3.62. The number of methoxy groups -OCH3 is 1. The molecule has 1 aromatic heterocycles. The summed E-state index contributed by atoms with van der Waals surface area (Å²) in [7, 11) is 1.72. The predicted octanol–water partition coefficient (Wildman–Crippen LogP) is 4.24. The number of hydrogen-bond donors (Lipinski definition) is 1. The van der Waals surface area contributed by atoms with Crippen molar-refractivity contribution in [3.05, 3.63) is 51.2 Å². The van der Waals surface area contributed by atoms with E-state index in [1.165, 1.54) is 33.9 Å². The number of hydrogen-bond acceptors (Lipinski definition) is 4. The molecule has 2 nitrogen and oxygen atoms in total. The Morgan fingerprint density at radius 3 is 3.00 bits per heavy atom. The molecule has 2 aromatic rings. The van der Waals surface area contributed by atoms with Crippen LogP contribution in [0.4, 0.5) is 0 Å². The Balaban J connectivity index is 1.94. The second-order valence-electron chi connectivity index (χ2n) is 5.17. The maximum Gasteiger partial charge on any atom is 0.119 e. The molecular formula is C17H21NOS2. The van der Waals surface area contributed by atoms with Crippen LogP contribution >= 0.6 is 23.1 Å². The molecule has 3 rings (SSSR count). The van der Waals surface area contributed by atoms with Crippen LogP contribution < -0.4 is 10.1 Å². The number of nitrogens with one attached hydrogen (secondary N) is 1. The fraction of sp³-hybridized carbons (Fsp3) is 0.412. The molecule has 0 saturated carbocycles. The van der Waals surface area contributed by atoms with E-state index in [2.05, 4.69) is 36.5 Å². The van der Waals surface area contributed by atoms with Gasteiger partial charge in [0.1, 0.15) is 5.75 Å².